The molecule has 0 spiro atoms. The van der Waals surface area contributed by atoms with Crippen molar-refractivity contribution in [3.8, 4) is 5.88 Å². The highest BCUT2D eigenvalue weighted by atomic mass is 35.5. The zero-order valence-corrected chi connectivity index (χ0v) is 11.4. The van der Waals surface area contributed by atoms with Gasteiger partial charge in [-0.05, 0) is 26.7 Å². The smallest absolute Gasteiger partial charge is 0.218 e. The summed E-state index contributed by atoms with van der Waals surface area (Å²) in [7, 11) is 0. The van der Waals surface area contributed by atoms with Gasteiger partial charge in [0.15, 0.2) is 0 Å². The molecule has 2 unspecified atom stereocenters. The number of hydrogen-bond donors (Lipinski definition) is 1. The lowest BCUT2D eigenvalue weighted by Gasteiger charge is -2.15. The second-order valence-electron chi connectivity index (χ2n) is 4.15. The topological polar surface area (TPSA) is 47.0 Å². The second kappa shape index (κ2) is 7.33. The molecule has 17 heavy (non-hydrogen) atoms. The van der Waals surface area contributed by atoms with E-state index in [9.17, 15) is 0 Å². The first-order valence-electron chi connectivity index (χ1n) is 5.97. The Hall–Kier alpha value is -1.03. The number of anilines is 1. The van der Waals surface area contributed by atoms with Gasteiger partial charge in [-0.15, -0.1) is 11.6 Å². The minimum absolute atomic E-state index is 0.148. The number of aromatic nitrogens is 2. The summed E-state index contributed by atoms with van der Waals surface area (Å²) in [6.45, 7) is 6.79. The molecule has 0 aromatic carbocycles. The van der Waals surface area contributed by atoms with Crippen molar-refractivity contribution >= 4 is 17.4 Å². The van der Waals surface area contributed by atoms with Crippen LogP contribution in [0.1, 0.15) is 33.6 Å². The van der Waals surface area contributed by atoms with E-state index >= 15 is 0 Å². The van der Waals surface area contributed by atoms with Crippen LogP contribution in [0.2, 0.25) is 0 Å². The lowest BCUT2D eigenvalue weighted by Crippen LogP contribution is -2.19. The molecule has 4 nitrogen and oxygen atoms in total. The third-order valence-corrected chi connectivity index (χ3v) is 2.35. The second-order valence-corrected chi connectivity index (χ2v) is 4.90. The molecule has 0 radical (unpaired) electrons. The molecule has 1 N–H and O–H groups in total. The molecule has 0 aliphatic rings. The highest BCUT2D eigenvalue weighted by molar-refractivity contribution is 6.20. The van der Waals surface area contributed by atoms with Gasteiger partial charge in [-0.1, -0.05) is 6.92 Å². The minimum atomic E-state index is 0.148. The standard InChI is InChI=1S/C12H20ClN3O/c1-4-5-17-12-7-11(14-8-15-12)16-10(3)6-9(2)13/h7-10H,4-6H2,1-3H3,(H,14,15,16). The van der Waals surface area contributed by atoms with Gasteiger partial charge in [0.25, 0.3) is 0 Å². The molecule has 1 aromatic rings. The Balaban J connectivity index is 2.52. The Morgan fingerprint density at radius 2 is 2.18 bits per heavy atom. The summed E-state index contributed by atoms with van der Waals surface area (Å²) < 4.78 is 5.44. The van der Waals surface area contributed by atoms with Crippen molar-refractivity contribution in [2.45, 2.75) is 45.0 Å². The SMILES string of the molecule is CCCOc1cc(NC(C)CC(C)Cl)ncn1. The van der Waals surface area contributed by atoms with E-state index in [0.29, 0.717) is 12.5 Å². The monoisotopic (exact) mass is 257 g/mol. The van der Waals surface area contributed by atoms with Crippen LogP contribution >= 0.6 is 11.6 Å². The predicted octanol–water partition coefficient (Wildman–Crippen LogP) is 3.08. The Kier molecular flexibility index (Phi) is 6.05. The summed E-state index contributed by atoms with van der Waals surface area (Å²) >= 11 is 5.94. The van der Waals surface area contributed by atoms with Gasteiger partial charge < -0.3 is 10.1 Å². The van der Waals surface area contributed by atoms with Crippen molar-refractivity contribution in [2.75, 3.05) is 11.9 Å². The highest BCUT2D eigenvalue weighted by Gasteiger charge is 2.07. The lowest BCUT2D eigenvalue weighted by molar-refractivity contribution is 0.305. The van der Waals surface area contributed by atoms with Crippen LogP contribution < -0.4 is 10.1 Å². The van der Waals surface area contributed by atoms with Crippen LogP contribution in [0.3, 0.4) is 0 Å². The number of halogens is 1. The van der Waals surface area contributed by atoms with Gasteiger partial charge in [0.2, 0.25) is 5.88 Å². The summed E-state index contributed by atoms with van der Waals surface area (Å²) in [5, 5.41) is 3.42. The minimum Gasteiger partial charge on any atom is -0.478 e. The first-order valence-corrected chi connectivity index (χ1v) is 6.41. The maximum absolute atomic E-state index is 5.94. The molecule has 5 heteroatoms. The van der Waals surface area contributed by atoms with Gasteiger partial charge >= 0.3 is 0 Å². The molecule has 1 aromatic heterocycles. The maximum Gasteiger partial charge on any atom is 0.218 e. The predicted molar refractivity (Wildman–Crippen MR) is 70.8 cm³/mol. The van der Waals surface area contributed by atoms with Crippen LogP contribution in [0, 0.1) is 0 Å². The van der Waals surface area contributed by atoms with Crippen LogP contribution in [0.25, 0.3) is 0 Å². The molecule has 0 saturated heterocycles. The average Bonchev–Trinajstić information content (AvgIpc) is 2.25. The van der Waals surface area contributed by atoms with E-state index in [2.05, 4.69) is 29.1 Å². The summed E-state index contributed by atoms with van der Waals surface area (Å²) in [6, 6.07) is 2.09. The summed E-state index contributed by atoms with van der Waals surface area (Å²) in [5.41, 5.74) is 0. The van der Waals surface area contributed by atoms with Gasteiger partial charge in [0, 0.05) is 17.5 Å². The normalized spacial score (nSPS) is 14.1. The number of rotatable bonds is 7. The molecule has 0 fully saturated rings. The van der Waals surface area contributed by atoms with Gasteiger partial charge in [-0.25, -0.2) is 9.97 Å². The molecule has 0 aliphatic heterocycles. The van der Waals surface area contributed by atoms with Crippen LogP contribution in [0.4, 0.5) is 5.82 Å². The zero-order chi connectivity index (χ0) is 12.7. The summed E-state index contributed by atoms with van der Waals surface area (Å²) in [6.07, 6.45) is 3.35. The van der Waals surface area contributed by atoms with E-state index in [-0.39, 0.29) is 11.4 Å². The maximum atomic E-state index is 5.94. The summed E-state index contributed by atoms with van der Waals surface area (Å²) in [4.78, 5) is 8.20. The van der Waals surface area contributed by atoms with Crippen molar-refractivity contribution in [1.29, 1.82) is 0 Å². The molecule has 2 atom stereocenters. The van der Waals surface area contributed by atoms with Crippen molar-refractivity contribution in [2.24, 2.45) is 0 Å². The largest absolute Gasteiger partial charge is 0.478 e. The van der Waals surface area contributed by atoms with E-state index in [4.69, 9.17) is 16.3 Å². The Morgan fingerprint density at radius 3 is 2.82 bits per heavy atom. The Morgan fingerprint density at radius 1 is 1.41 bits per heavy atom. The molecule has 1 heterocycles. The number of ether oxygens (including phenoxy) is 1. The number of nitrogens with zero attached hydrogens (tertiary/aromatic N) is 2. The van der Waals surface area contributed by atoms with Crippen molar-refractivity contribution in [3.63, 3.8) is 0 Å². The molecule has 1 rings (SSSR count). The van der Waals surface area contributed by atoms with E-state index < -0.39 is 0 Å². The van der Waals surface area contributed by atoms with E-state index in [1.54, 1.807) is 0 Å². The number of hydrogen-bond acceptors (Lipinski definition) is 4. The zero-order valence-electron chi connectivity index (χ0n) is 10.6. The molecule has 0 aliphatic carbocycles. The van der Waals surface area contributed by atoms with Gasteiger partial charge in [-0.2, -0.15) is 0 Å². The fraction of sp³-hybridized carbons (Fsp3) is 0.667. The lowest BCUT2D eigenvalue weighted by atomic mass is 10.2. The third-order valence-electron chi connectivity index (χ3n) is 2.17. The number of alkyl halides is 1. The Bertz CT molecular complexity index is 333. The van der Waals surface area contributed by atoms with E-state index in [1.807, 2.05) is 13.0 Å². The Labute approximate surface area is 108 Å². The van der Waals surface area contributed by atoms with Gasteiger partial charge in [0.05, 0.1) is 6.61 Å². The first kappa shape index (κ1) is 14.0. The third kappa shape index (κ3) is 5.73. The van der Waals surface area contributed by atoms with Gasteiger partial charge in [-0.3, -0.25) is 0 Å². The number of nitrogens with one attached hydrogen (secondary N) is 1. The van der Waals surface area contributed by atoms with Crippen molar-refractivity contribution in [3.05, 3.63) is 12.4 Å². The molecular weight excluding hydrogens is 238 g/mol. The fourth-order valence-electron chi connectivity index (χ4n) is 1.50. The quantitative estimate of drug-likeness (QED) is 0.763. The summed E-state index contributed by atoms with van der Waals surface area (Å²) in [5.74, 6) is 1.38. The fourth-order valence-corrected chi connectivity index (χ4v) is 1.77. The average molecular weight is 258 g/mol. The van der Waals surface area contributed by atoms with Crippen molar-refractivity contribution in [1.82, 2.24) is 9.97 Å². The van der Waals surface area contributed by atoms with E-state index in [1.165, 1.54) is 6.33 Å². The molecule has 96 valence electrons. The van der Waals surface area contributed by atoms with Gasteiger partial charge in [0.1, 0.15) is 12.1 Å². The van der Waals surface area contributed by atoms with E-state index in [0.717, 1.165) is 18.7 Å². The molecule has 0 saturated carbocycles. The highest BCUT2D eigenvalue weighted by Crippen LogP contribution is 2.14. The molecular formula is C12H20ClN3O. The van der Waals surface area contributed by atoms with Crippen LogP contribution in [-0.2, 0) is 0 Å². The molecule has 0 bridgehead atoms. The van der Waals surface area contributed by atoms with Crippen LogP contribution in [0.5, 0.6) is 5.88 Å². The van der Waals surface area contributed by atoms with Crippen LogP contribution in [-0.4, -0.2) is 28.0 Å². The van der Waals surface area contributed by atoms with Crippen LogP contribution in [0.15, 0.2) is 12.4 Å². The first-order chi connectivity index (χ1) is 8.11. The van der Waals surface area contributed by atoms with Crippen molar-refractivity contribution < 1.29 is 4.74 Å². The molecule has 0 amide bonds.